The predicted molar refractivity (Wildman–Crippen MR) is 137 cm³/mol. The standard InChI is InChI=1S/C24H17BrCl2N2O2S/c1-14-2-6-17(7-3-14)28-24-29-23(30)22(32-24)12-15-5-9-21(18(25)10-15)31-13-16-4-8-19(26)20(27)11-16/h2-12H,13H2,1H3,(H,28,29,30)/b22-12+. The van der Waals surface area contributed by atoms with Crippen LogP contribution in [0.15, 0.2) is 75.0 Å². The van der Waals surface area contributed by atoms with E-state index in [0.29, 0.717) is 32.5 Å². The van der Waals surface area contributed by atoms with Crippen LogP contribution in [-0.4, -0.2) is 11.1 Å². The zero-order chi connectivity index (χ0) is 22.7. The van der Waals surface area contributed by atoms with Crippen molar-refractivity contribution in [1.82, 2.24) is 5.32 Å². The lowest BCUT2D eigenvalue weighted by Crippen LogP contribution is -2.19. The molecule has 3 aromatic rings. The molecule has 32 heavy (non-hydrogen) atoms. The third-order valence-electron chi connectivity index (χ3n) is 4.55. The first kappa shape index (κ1) is 22.9. The molecule has 162 valence electrons. The largest absolute Gasteiger partial charge is 0.488 e. The molecule has 0 aliphatic carbocycles. The van der Waals surface area contributed by atoms with Crippen LogP contribution in [0.2, 0.25) is 10.0 Å². The third-order valence-corrected chi connectivity index (χ3v) is 6.82. The van der Waals surface area contributed by atoms with Crippen LogP contribution < -0.4 is 10.1 Å². The van der Waals surface area contributed by atoms with Crippen molar-refractivity contribution in [3.8, 4) is 5.75 Å². The van der Waals surface area contributed by atoms with Crippen LogP contribution in [0.25, 0.3) is 6.08 Å². The number of amidine groups is 1. The third kappa shape index (κ3) is 5.75. The van der Waals surface area contributed by atoms with Crippen LogP contribution >= 0.6 is 50.9 Å². The lowest BCUT2D eigenvalue weighted by molar-refractivity contribution is -0.115. The molecule has 1 aliphatic rings. The van der Waals surface area contributed by atoms with E-state index in [1.165, 1.54) is 11.8 Å². The monoisotopic (exact) mass is 546 g/mol. The van der Waals surface area contributed by atoms with E-state index in [2.05, 4.69) is 26.2 Å². The van der Waals surface area contributed by atoms with Crippen molar-refractivity contribution in [3.63, 3.8) is 0 Å². The van der Waals surface area contributed by atoms with E-state index in [-0.39, 0.29) is 5.91 Å². The SMILES string of the molecule is Cc1ccc(N=C2NC(=O)/C(=C\c3ccc(OCc4ccc(Cl)c(Cl)c4)c(Br)c3)S2)cc1. The van der Waals surface area contributed by atoms with E-state index >= 15 is 0 Å². The summed E-state index contributed by atoms with van der Waals surface area (Å²) >= 11 is 16.9. The first-order valence-corrected chi connectivity index (χ1v) is 12.0. The Morgan fingerprint density at radius 3 is 2.56 bits per heavy atom. The minimum Gasteiger partial charge on any atom is -0.488 e. The Balaban J connectivity index is 1.44. The molecule has 4 nitrogen and oxygen atoms in total. The molecule has 1 heterocycles. The van der Waals surface area contributed by atoms with Crippen LogP contribution in [0.4, 0.5) is 5.69 Å². The summed E-state index contributed by atoms with van der Waals surface area (Å²) in [7, 11) is 0. The number of nitrogens with one attached hydrogen (secondary N) is 1. The van der Waals surface area contributed by atoms with Crippen molar-refractivity contribution in [2.24, 2.45) is 4.99 Å². The molecule has 4 rings (SSSR count). The molecule has 0 radical (unpaired) electrons. The molecule has 1 amide bonds. The smallest absolute Gasteiger partial charge is 0.264 e. The average Bonchev–Trinajstić information content (AvgIpc) is 3.10. The second-order valence-corrected chi connectivity index (χ2v) is 9.74. The van der Waals surface area contributed by atoms with Gasteiger partial charge < -0.3 is 10.1 Å². The van der Waals surface area contributed by atoms with E-state index in [4.69, 9.17) is 27.9 Å². The van der Waals surface area contributed by atoms with Crippen LogP contribution in [-0.2, 0) is 11.4 Å². The summed E-state index contributed by atoms with van der Waals surface area (Å²) in [4.78, 5) is 17.4. The molecule has 1 aliphatic heterocycles. The van der Waals surface area contributed by atoms with E-state index in [1.807, 2.05) is 61.5 Å². The van der Waals surface area contributed by atoms with Gasteiger partial charge in [0.15, 0.2) is 5.17 Å². The fourth-order valence-electron chi connectivity index (χ4n) is 2.88. The number of halogens is 3. The number of aliphatic imine (C=N–C) groups is 1. The highest BCUT2D eigenvalue weighted by Gasteiger charge is 2.23. The predicted octanol–water partition coefficient (Wildman–Crippen LogP) is 7.53. The molecule has 0 spiro atoms. The number of ether oxygens (including phenoxy) is 1. The number of hydrogen-bond acceptors (Lipinski definition) is 4. The van der Waals surface area contributed by atoms with Gasteiger partial charge in [-0.05, 0) is 88.2 Å². The van der Waals surface area contributed by atoms with Crippen molar-refractivity contribution in [2.75, 3.05) is 0 Å². The van der Waals surface area contributed by atoms with Gasteiger partial charge in [0.2, 0.25) is 0 Å². The molecule has 0 saturated carbocycles. The van der Waals surface area contributed by atoms with E-state index in [9.17, 15) is 4.79 Å². The van der Waals surface area contributed by atoms with Gasteiger partial charge in [-0.1, -0.05) is 53.0 Å². The van der Waals surface area contributed by atoms with Crippen molar-refractivity contribution in [3.05, 3.63) is 96.8 Å². The van der Waals surface area contributed by atoms with Gasteiger partial charge in [0.1, 0.15) is 12.4 Å². The number of hydrogen-bond donors (Lipinski definition) is 1. The van der Waals surface area contributed by atoms with Gasteiger partial charge in [0.05, 0.1) is 25.1 Å². The number of benzene rings is 3. The summed E-state index contributed by atoms with van der Waals surface area (Å²) in [5.74, 6) is 0.514. The summed E-state index contributed by atoms with van der Waals surface area (Å²) in [5, 5.41) is 4.37. The first-order chi connectivity index (χ1) is 15.4. The van der Waals surface area contributed by atoms with Crippen LogP contribution in [0.1, 0.15) is 16.7 Å². The molecule has 0 aromatic heterocycles. The van der Waals surface area contributed by atoms with Gasteiger partial charge in [0.25, 0.3) is 5.91 Å². The highest BCUT2D eigenvalue weighted by atomic mass is 79.9. The maximum Gasteiger partial charge on any atom is 0.264 e. The Morgan fingerprint density at radius 1 is 1.06 bits per heavy atom. The molecule has 0 unspecified atom stereocenters. The Hall–Kier alpha value is -2.25. The van der Waals surface area contributed by atoms with Crippen LogP contribution in [0.3, 0.4) is 0 Å². The van der Waals surface area contributed by atoms with Crippen molar-refractivity contribution < 1.29 is 9.53 Å². The molecular formula is C24H17BrCl2N2O2S. The summed E-state index contributed by atoms with van der Waals surface area (Å²) < 4.78 is 6.66. The fourth-order valence-corrected chi connectivity index (χ4v) is 4.56. The average molecular weight is 548 g/mol. The number of amides is 1. The minimum atomic E-state index is -0.170. The lowest BCUT2D eigenvalue weighted by atomic mass is 10.2. The molecule has 3 aromatic carbocycles. The number of thioether (sulfide) groups is 1. The number of nitrogens with zero attached hydrogens (tertiary/aromatic N) is 1. The van der Waals surface area contributed by atoms with Crippen LogP contribution in [0.5, 0.6) is 5.75 Å². The normalized spacial score (nSPS) is 15.9. The number of rotatable bonds is 5. The zero-order valence-electron chi connectivity index (χ0n) is 16.9. The Labute approximate surface area is 208 Å². The van der Waals surface area contributed by atoms with Gasteiger partial charge in [-0.2, -0.15) is 0 Å². The topological polar surface area (TPSA) is 50.7 Å². The fraction of sp³-hybridized carbons (Fsp3) is 0.0833. The molecule has 1 fully saturated rings. The van der Waals surface area contributed by atoms with Gasteiger partial charge >= 0.3 is 0 Å². The molecule has 1 saturated heterocycles. The molecule has 0 bridgehead atoms. The molecule has 0 atom stereocenters. The van der Waals surface area contributed by atoms with Crippen molar-refractivity contribution in [2.45, 2.75) is 13.5 Å². The maximum atomic E-state index is 12.4. The summed E-state index contributed by atoms with van der Waals surface area (Å²) in [6.45, 7) is 2.37. The number of aryl methyl sites for hydroxylation is 1. The van der Waals surface area contributed by atoms with E-state index < -0.39 is 0 Å². The van der Waals surface area contributed by atoms with E-state index in [0.717, 1.165) is 26.9 Å². The Morgan fingerprint density at radius 2 is 1.84 bits per heavy atom. The summed E-state index contributed by atoms with van der Waals surface area (Å²) in [5.41, 5.74) is 3.74. The molecule has 8 heteroatoms. The molecule has 1 N–H and O–H groups in total. The first-order valence-electron chi connectivity index (χ1n) is 9.60. The quantitative estimate of drug-likeness (QED) is 0.336. The lowest BCUT2D eigenvalue weighted by Gasteiger charge is -2.10. The Kier molecular flexibility index (Phi) is 7.26. The van der Waals surface area contributed by atoms with Crippen molar-refractivity contribution >= 4 is 73.7 Å². The van der Waals surface area contributed by atoms with Gasteiger partial charge in [-0.25, -0.2) is 4.99 Å². The van der Waals surface area contributed by atoms with Crippen LogP contribution in [0, 0.1) is 6.92 Å². The highest BCUT2D eigenvalue weighted by molar-refractivity contribution is 9.10. The summed E-state index contributed by atoms with van der Waals surface area (Å²) in [6, 6.07) is 18.9. The Bertz CT molecular complexity index is 1240. The number of carbonyl (C=O) groups is 1. The second-order valence-electron chi connectivity index (χ2n) is 7.04. The minimum absolute atomic E-state index is 0.170. The van der Waals surface area contributed by atoms with Gasteiger partial charge in [-0.3, -0.25) is 4.79 Å². The number of carbonyl (C=O) groups excluding carboxylic acids is 1. The summed E-state index contributed by atoms with van der Waals surface area (Å²) in [6.07, 6.45) is 1.82. The van der Waals surface area contributed by atoms with E-state index in [1.54, 1.807) is 12.1 Å². The maximum absolute atomic E-state index is 12.4. The molecular weight excluding hydrogens is 531 g/mol. The highest BCUT2D eigenvalue weighted by Crippen LogP contribution is 2.32. The second kappa shape index (κ2) is 10.1. The van der Waals surface area contributed by atoms with Gasteiger partial charge in [0, 0.05) is 0 Å². The zero-order valence-corrected chi connectivity index (χ0v) is 20.8. The van der Waals surface area contributed by atoms with Crippen molar-refractivity contribution in [1.29, 1.82) is 0 Å². The van der Waals surface area contributed by atoms with Gasteiger partial charge in [-0.15, -0.1) is 0 Å².